The van der Waals surface area contributed by atoms with E-state index in [9.17, 15) is 0 Å². The fourth-order valence-corrected chi connectivity index (χ4v) is 3.11. The van der Waals surface area contributed by atoms with Gasteiger partial charge in [0.2, 0.25) is 0 Å². The van der Waals surface area contributed by atoms with Gasteiger partial charge in [0.15, 0.2) is 0 Å². The minimum atomic E-state index is 0.198. The predicted molar refractivity (Wildman–Crippen MR) is 88.6 cm³/mol. The highest BCUT2D eigenvalue weighted by atomic mass is 32.1. The van der Waals surface area contributed by atoms with Crippen LogP contribution < -0.4 is 14.8 Å². The first kappa shape index (κ1) is 15.9. The molecule has 1 unspecified atom stereocenters. The Morgan fingerprint density at radius 1 is 1.14 bits per heavy atom. The Bertz CT molecular complexity index is 536. The van der Waals surface area contributed by atoms with Crippen molar-refractivity contribution < 1.29 is 9.47 Å². The summed E-state index contributed by atoms with van der Waals surface area (Å²) in [7, 11) is 1.70. The van der Waals surface area contributed by atoms with E-state index in [1.54, 1.807) is 18.4 Å². The molecule has 0 radical (unpaired) electrons. The molecule has 2 aromatic rings. The smallest absolute Gasteiger partial charge is 0.129 e. The van der Waals surface area contributed by atoms with E-state index in [1.165, 1.54) is 10.4 Å². The number of benzene rings is 1. The molecule has 0 saturated carbocycles. The molecule has 1 aromatic heterocycles. The van der Waals surface area contributed by atoms with Crippen molar-refractivity contribution in [1.82, 2.24) is 5.32 Å². The van der Waals surface area contributed by atoms with Crippen LogP contribution in [-0.4, -0.2) is 20.3 Å². The molecule has 1 N–H and O–H groups in total. The van der Waals surface area contributed by atoms with Gasteiger partial charge in [0.25, 0.3) is 0 Å². The molecular formula is C17H23NO2S. The topological polar surface area (TPSA) is 30.5 Å². The average Bonchev–Trinajstić information content (AvgIpc) is 3.00. The molecule has 0 aliphatic heterocycles. The Labute approximate surface area is 130 Å². The summed E-state index contributed by atoms with van der Waals surface area (Å²) in [6.45, 7) is 5.91. The van der Waals surface area contributed by atoms with Gasteiger partial charge in [0.1, 0.15) is 11.5 Å². The van der Waals surface area contributed by atoms with E-state index in [0.29, 0.717) is 0 Å². The molecule has 1 heterocycles. The van der Waals surface area contributed by atoms with Gasteiger partial charge in [-0.05, 0) is 36.7 Å². The lowest BCUT2D eigenvalue weighted by molar-refractivity contribution is 0.317. The van der Waals surface area contributed by atoms with Gasteiger partial charge >= 0.3 is 0 Å². The number of rotatable bonds is 8. The Balaban J connectivity index is 2.17. The summed E-state index contributed by atoms with van der Waals surface area (Å²) >= 11 is 1.72. The third kappa shape index (κ3) is 4.22. The molecule has 21 heavy (non-hydrogen) atoms. The molecule has 0 aliphatic carbocycles. The highest BCUT2D eigenvalue weighted by Gasteiger charge is 2.15. The van der Waals surface area contributed by atoms with Crippen molar-refractivity contribution in [3.63, 3.8) is 0 Å². The van der Waals surface area contributed by atoms with Crippen molar-refractivity contribution in [3.05, 3.63) is 46.2 Å². The van der Waals surface area contributed by atoms with Crippen LogP contribution in [0.25, 0.3) is 0 Å². The summed E-state index contributed by atoms with van der Waals surface area (Å²) in [5, 5.41) is 5.57. The maximum Gasteiger partial charge on any atom is 0.129 e. The molecule has 114 valence electrons. The van der Waals surface area contributed by atoms with E-state index >= 15 is 0 Å². The minimum absolute atomic E-state index is 0.198. The Hall–Kier alpha value is -1.52. The molecule has 0 fully saturated rings. The first-order valence-electron chi connectivity index (χ1n) is 7.37. The standard InChI is InChI=1S/C17H23NO2S/c1-4-10-20-14-8-6-13(7-9-14)17(18-5-2)16-11-15(19-3)12-21-16/h6-9,11-12,17-18H,4-5,10H2,1-3H3. The molecule has 0 spiro atoms. The molecule has 0 aliphatic rings. The minimum Gasteiger partial charge on any atom is -0.496 e. The SMILES string of the molecule is CCCOc1ccc(C(NCC)c2cc(OC)cs2)cc1. The number of ether oxygens (including phenoxy) is 2. The third-order valence-corrected chi connectivity index (χ3v) is 4.19. The summed E-state index contributed by atoms with van der Waals surface area (Å²) in [5.74, 6) is 1.85. The Kier molecular flexibility index (Phi) is 6.08. The van der Waals surface area contributed by atoms with Crippen molar-refractivity contribution in [2.45, 2.75) is 26.3 Å². The lowest BCUT2D eigenvalue weighted by Gasteiger charge is -2.17. The van der Waals surface area contributed by atoms with Gasteiger partial charge in [-0.15, -0.1) is 11.3 Å². The van der Waals surface area contributed by atoms with Gasteiger partial charge in [-0.3, -0.25) is 0 Å². The highest BCUT2D eigenvalue weighted by molar-refractivity contribution is 7.10. The normalized spacial score (nSPS) is 12.1. The summed E-state index contributed by atoms with van der Waals surface area (Å²) in [4.78, 5) is 1.26. The van der Waals surface area contributed by atoms with Gasteiger partial charge in [-0.2, -0.15) is 0 Å². The Morgan fingerprint density at radius 3 is 2.48 bits per heavy atom. The van der Waals surface area contributed by atoms with E-state index in [2.05, 4.69) is 37.4 Å². The maximum absolute atomic E-state index is 5.64. The molecule has 3 nitrogen and oxygen atoms in total. The third-order valence-electron chi connectivity index (χ3n) is 3.21. The van der Waals surface area contributed by atoms with Crippen molar-refractivity contribution in [2.24, 2.45) is 0 Å². The van der Waals surface area contributed by atoms with E-state index in [1.807, 2.05) is 17.5 Å². The van der Waals surface area contributed by atoms with Crippen LogP contribution in [0.15, 0.2) is 35.7 Å². The van der Waals surface area contributed by atoms with Crippen LogP contribution in [0.5, 0.6) is 11.5 Å². The Morgan fingerprint density at radius 2 is 1.90 bits per heavy atom. The molecule has 1 aromatic carbocycles. The summed E-state index contributed by atoms with van der Waals surface area (Å²) < 4.78 is 10.9. The van der Waals surface area contributed by atoms with Crippen LogP contribution in [0.1, 0.15) is 36.8 Å². The molecular weight excluding hydrogens is 282 g/mol. The van der Waals surface area contributed by atoms with Crippen LogP contribution in [0.4, 0.5) is 0 Å². The fraction of sp³-hybridized carbons (Fsp3) is 0.412. The zero-order valence-electron chi connectivity index (χ0n) is 12.9. The van der Waals surface area contributed by atoms with Gasteiger partial charge in [-0.1, -0.05) is 26.0 Å². The largest absolute Gasteiger partial charge is 0.496 e. The van der Waals surface area contributed by atoms with Crippen LogP contribution in [0.2, 0.25) is 0 Å². The van der Waals surface area contributed by atoms with E-state index in [0.717, 1.165) is 31.1 Å². The maximum atomic E-state index is 5.64. The van der Waals surface area contributed by atoms with E-state index in [4.69, 9.17) is 9.47 Å². The van der Waals surface area contributed by atoms with Crippen molar-refractivity contribution in [3.8, 4) is 11.5 Å². The zero-order chi connectivity index (χ0) is 15.1. The number of methoxy groups -OCH3 is 1. The lowest BCUT2D eigenvalue weighted by atomic mass is 10.1. The number of hydrogen-bond donors (Lipinski definition) is 1. The highest BCUT2D eigenvalue weighted by Crippen LogP contribution is 2.31. The first-order chi connectivity index (χ1) is 10.3. The number of nitrogens with one attached hydrogen (secondary N) is 1. The van der Waals surface area contributed by atoms with Gasteiger partial charge in [0, 0.05) is 10.3 Å². The van der Waals surface area contributed by atoms with Crippen LogP contribution in [-0.2, 0) is 0 Å². The second-order valence-electron chi connectivity index (χ2n) is 4.80. The van der Waals surface area contributed by atoms with Crippen LogP contribution in [0, 0.1) is 0 Å². The number of hydrogen-bond acceptors (Lipinski definition) is 4. The van der Waals surface area contributed by atoms with Crippen LogP contribution >= 0.6 is 11.3 Å². The van der Waals surface area contributed by atoms with Crippen molar-refractivity contribution >= 4 is 11.3 Å². The first-order valence-corrected chi connectivity index (χ1v) is 8.25. The molecule has 0 bridgehead atoms. The zero-order valence-corrected chi connectivity index (χ0v) is 13.7. The van der Waals surface area contributed by atoms with E-state index in [-0.39, 0.29) is 6.04 Å². The number of thiophene rings is 1. The molecule has 0 amide bonds. The molecule has 1 atom stereocenters. The fourth-order valence-electron chi connectivity index (χ4n) is 2.16. The summed E-state index contributed by atoms with van der Waals surface area (Å²) in [6.07, 6.45) is 1.02. The van der Waals surface area contributed by atoms with Gasteiger partial charge in [-0.25, -0.2) is 0 Å². The van der Waals surface area contributed by atoms with Crippen molar-refractivity contribution in [1.29, 1.82) is 0 Å². The van der Waals surface area contributed by atoms with Gasteiger partial charge in [0.05, 0.1) is 19.8 Å². The van der Waals surface area contributed by atoms with E-state index < -0.39 is 0 Å². The van der Waals surface area contributed by atoms with Gasteiger partial charge < -0.3 is 14.8 Å². The predicted octanol–water partition coefficient (Wildman–Crippen LogP) is 4.24. The molecule has 2 rings (SSSR count). The monoisotopic (exact) mass is 305 g/mol. The van der Waals surface area contributed by atoms with Crippen LogP contribution in [0.3, 0.4) is 0 Å². The second-order valence-corrected chi connectivity index (χ2v) is 5.74. The summed E-state index contributed by atoms with van der Waals surface area (Å²) in [5.41, 5.74) is 1.24. The van der Waals surface area contributed by atoms with Crippen molar-refractivity contribution in [2.75, 3.05) is 20.3 Å². The lowest BCUT2D eigenvalue weighted by Crippen LogP contribution is -2.21. The quantitative estimate of drug-likeness (QED) is 0.791. The molecule has 4 heteroatoms. The summed E-state index contributed by atoms with van der Waals surface area (Å²) in [6, 6.07) is 10.6. The average molecular weight is 305 g/mol. The second kappa shape index (κ2) is 8.05. The molecule has 0 saturated heterocycles.